The molecule has 1 aliphatic rings. The molecule has 3 unspecified atom stereocenters. The molecular formula is C28H30ClF3N2O3S. The number of carboxylic acids is 1. The van der Waals surface area contributed by atoms with Crippen LogP contribution in [0, 0.1) is 23.5 Å². The summed E-state index contributed by atoms with van der Waals surface area (Å²) < 4.78 is 47.8. The first-order valence-corrected chi connectivity index (χ1v) is 13.9. The average molecular weight is 567 g/mol. The summed E-state index contributed by atoms with van der Waals surface area (Å²) in [6, 6.07) is 8.71. The predicted octanol–water partition coefficient (Wildman–Crippen LogP) is 7.17. The molecule has 1 N–H and O–H groups in total. The van der Waals surface area contributed by atoms with Crippen LogP contribution in [-0.2, 0) is 4.79 Å². The minimum absolute atomic E-state index is 0.0104. The number of fused-ring (bicyclic) bond motifs is 1. The molecule has 1 aliphatic heterocycles. The summed E-state index contributed by atoms with van der Waals surface area (Å²) in [5.41, 5.74) is 1.01. The number of halogens is 4. The lowest BCUT2D eigenvalue weighted by molar-refractivity contribution is -0.139. The molecule has 1 fully saturated rings. The Labute approximate surface area is 229 Å². The highest BCUT2D eigenvalue weighted by Gasteiger charge is 2.31. The third-order valence-electron chi connectivity index (χ3n) is 7.10. The molecule has 1 saturated heterocycles. The molecule has 0 radical (unpaired) electrons. The van der Waals surface area contributed by atoms with Gasteiger partial charge in [0.2, 0.25) is 0 Å². The number of ether oxygens (including phenoxy) is 1. The number of piperidine rings is 1. The molecular weight excluding hydrogens is 537 g/mol. The van der Waals surface area contributed by atoms with E-state index in [0.717, 1.165) is 19.0 Å². The van der Waals surface area contributed by atoms with Crippen molar-refractivity contribution in [3.05, 3.63) is 64.8 Å². The fourth-order valence-corrected chi connectivity index (χ4v) is 6.46. The van der Waals surface area contributed by atoms with Gasteiger partial charge in [-0.3, -0.25) is 9.78 Å². The predicted molar refractivity (Wildman–Crippen MR) is 144 cm³/mol. The smallest absolute Gasteiger partial charge is 0.303 e. The van der Waals surface area contributed by atoms with Crippen LogP contribution in [0.2, 0.25) is 5.02 Å². The lowest BCUT2D eigenvalue weighted by Crippen LogP contribution is -2.42. The number of aromatic nitrogens is 1. The van der Waals surface area contributed by atoms with Crippen LogP contribution in [0.1, 0.15) is 37.4 Å². The second kappa shape index (κ2) is 13.0. The number of benzene rings is 2. The highest BCUT2D eigenvalue weighted by Crippen LogP contribution is 2.39. The molecule has 38 heavy (non-hydrogen) atoms. The largest absolute Gasteiger partial charge is 0.497 e. The van der Waals surface area contributed by atoms with Gasteiger partial charge in [0, 0.05) is 53.4 Å². The Morgan fingerprint density at radius 3 is 2.71 bits per heavy atom. The van der Waals surface area contributed by atoms with Crippen molar-refractivity contribution < 1.29 is 27.8 Å². The van der Waals surface area contributed by atoms with Gasteiger partial charge in [0.1, 0.15) is 23.6 Å². The number of aliphatic carboxylic acids is 1. The van der Waals surface area contributed by atoms with E-state index in [1.54, 1.807) is 25.3 Å². The maximum atomic E-state index is 15.6. The molecule has 204 valence electrons. The molecule has 3 aromatic rings. The van der Waals surface area contributed by atoms with Gasteiger partial charge in [-0.2, -0.15) is 0 Å². The molecule has 4 rings (SSSR count). The molecule has 3 atom stereocenters. The summed E-state index contributed by atoms with van der Waals surface area (Å²) >= 11 is 7.73. The molecule has 1 aromatic heterocycles. The number of thioether (sulfide) groups is 1. The van der Waals surface area contributed by atoms with E-state index in [9.17, 15) is 18.7 Å². The first kappa shape index (κ1) is 28.5. The highest BCUT2D eigenvalue weighted by atomic mass is 35.5. The fourth-order valence-electron chi connectivity index (χ4n) is 5.22. The normalized spacial score (nSPS) is 19.0. The van der Waals surface area contributed by atoms with Crippen LogP contribution in [0.3, 0.4) is 0 Å². The molecule has 0 bridgehead atoms. The zero-order valence-corrected chi connectivity index (χ0v) is 22.6. The first-order chi connectivity index (χ1) is 18.2. The Kier molecular flexibility index (Phi) is 9.79. The quantitative estimate of drug-likeness (QED) is 0.248. The molecule has 0 saturated carbocycles. The summed E-state index contributed by atoms with van der Waals surface area (Å²) in [6.45, 7) is 2.01. The van der Waals surface area contributed by atoms with E-state index in [0.29, 0.717) is 52.4 Å². The van der Waals surface area contributed by atoms with Crippen LogP contribution in [0.5, 0.6) is 5.75 Å². The number of hydrogen-bond acceptors (Lipinski definition) is 5. The standard InChI is InChI=1S/C28H30ClF3N2O3S/c1-37-21-3-5-26-23(14-21)28(24(29)15-33-26)25(32)4-2-17-6-7-34(16-18(17)10-27(35)36)8-9-38-22-12-19(30)11-20(31)13-22/h3,5,11-15,17-18,25H,2,4,6-10,16H2,1H3,(H,35,36). The van der Waals surface area contributed by atoms with Crippen molar-refractivity contribution in [2.45, 2.75) is 36.8 Å². The van der Waals surface area contributed by atoms with Crippen molar-refractivity contribution in [1.82, 2.24) is 9.88 Å². The topological polar surface area (TPSA) is 62.7 Å². The van der Waals surface area contributed by atoms with Crippen LogP contribution in [0.25, 0.3) is 10.9 Å². The van der Waals surface area contributed by atoms with E-state index >= 15 is 4.39 Å². The van der Waals surface area contributed by atoms with Gasteiger partial charge in [0.05, 0.1) is 17.6 Å². The van der Waals surface area contributed by atoms with Crippen LogP contribution < -0.4 is 4.74 Å². The molecule has 0 spiro atoms. The number of methoxy groups -OCH3 is 1. The fraction of sp³-hybridized carbons (Fsp3) is 0.429. The van der Waals surface area contributed by atoms with E-state index in [4.69, 9.17) is 16.3 Å². The van der Waals surface area contributed by atoms with Gasteiger partial charge in [-0.15, -0.1) is 11.8 Å². The van der Waals surface area contributed by atoms with Gasteiger partial charge in [-0.1, -0.05) is 11.6 Å². The number of rotatable bonds is 11. The van der Waals surface area contributed by atoms with E-state index in [2.05, 4.69) is 9.88 Å². The Balaban J connectivity index is 1.37. The minimum atomic E-state index is -1.33. The molecule has 2 heterocycles. The maximum Gasteiger partial charge on any atom is 0.303 e. The molecule has 5 nitrogen and oxygen atoms in total. The second-order valence-corrected chi connectivity index (χ2v) is 11.2. The zero-order valence-electron chi connectivity index (χ0n) is 21.0. The number of carbonyl (C=O) groups is 1. The van der Waals surface area contributed by atoms with Gasteiger partial charge in [-0.05, 0) is 68.0 Å². The van der Waals surface area contributed by atoms with Crippen LogP contribution >= 0.6 is 23.4 Å². The monoisotopic (exact) mass is 566 g/mol. The van der Waals surface area contributed by atoms with E-state index < -0.39 is 23.8 Å². The zero-order chi connectivity index (χ0) is 27.2. The van der Waals surface area contributed by atoms with Crippen molar-refractivity contribution in [1.29, 1.82) is 0 Å². The summed E-state index contributed by atoms with van der Waals surface area (Å²) in [5, 5.41) is 10.4. The third-order valence-corrected chi connectivity index (χ3v) is 8.35. The minimum Gasteiger partial charge on any atom is -0.497 e. The Hall–Kier alpha value is -2.49. The first-order valence-electron chi connectivity index (χ1n) is 12.5. The van der Waals surface area contributed by atoms with E-state index in [1.807, 2.05) is 0 Å². The SMILES string of the molecule is COc1ccc2ncc(Cl)c(C(F)CCC3CCN(CCSc4cc(F)cc(F)c4)CC3CC(=O)O)c2c1. The summed E-state index contributed by atoms with van der Waals surface area (Å²) in [6.07, 6.45) is 1.65. The van der Waals surface area contributed by atoms with Gasteiger partial charge in [0.15, 0.2) is 0 Å². The van der Waals surface area contributed by atoms with E-state index in [1.165, 1.54) is 30.1 Å². The number of carboxylic acid groups (broad SMARTS) is 1. The summed E-state index contributed by atoms with van der Waals surface area (Å²) in [5.74, 6) is -0.941. The lowest BCUT2D eigenvalue weighted by Gasteiger charge is -2.38. The van der Waals surface area contributed by atoms with Crippen LogP contribution in [0.15, 0.2) is 47.5 Å². The molecule has 0 aliphatic carbocycles. The number of alkyl halides is 1. The van der Waals surface area contributed by atoms with E-state index in [-0.39, 0.29) is 29.7 Å². The van der Waals surface area contributed by atoms with Gasteiger partial charge in [-0.25, -0.2) is 13.2 Å². The number of pyridine rings is 1. The molecule has 2 aromatic carbocycles. The summed E-state index contributed by atoms with van der Waals surface area (Å²) in [4.78, 5) is 18.6. The van der Waals surface area contributed by atoms with Gasteiger partial charge >= 0.3 is 5.97 Å². The van der Waals surface area contributed by atoms with Crippen molar-refractivity contribution >= 4 is 40.2 Å². The van der Waals surface area contributed by atoms with Crippen LogP contribution in [0.4, 0.5) is 13.2 Å². The molecule has 10 heteroatoms. The lowest BCUT2D eigenvalue weighted by atomic mass is 9.79. The summed E-state index contributed by atoms with van der Waals surface area (Å²) in [7, 11) is 1.54. The number of hydrogen-bond donors (Lipinski definition) is 1. The van der Waals surface area contributed by atoms with Crippen molar-refractivity contribution in [3.63, 3.8) is 0 Å². The number of nitrogens with zero attached hydrogens (tertiary/aromatic N) is 2. The highest BCUT2D eigenvalue weighted by molar-refractivity contribution is 7.99. The third kappa shape index (κ3) is 7.33. The Bertz CT molecular complexity index is 1260. The molecule has 0 amide bonds. The van der Waals surface area contributed by atoms with Gasteiger partial charge in [0.25, 0.3) is 0 Å². The van der Waals surface area contributed by atoms with Crippen molar-refractivity contribution in [2.24, 2.45) is 11.8 Å². The Morgan fingerprint density at radius 2 is 2.00 bits per heavy atom. The van der Waals surface area contributed by atoms with Crippen molar-refractivity contribution in [3.8, 4) is 5.75 Å². The maximum absolute atomic E-state index is 15.6. The Morgan fingerprint density at radius 1 is 1.24 bits per heavy atom. The van der Waals surface area contributed by atoms with Crippen molar-refractivity contribution in [2.75, 3.05) is 32.5 Å². The second-order valence-electron chi connectivity index (χ2n) is 9.61. The van der Waals surface area contributed by atoms with Crippen LogP contribution in [-0.4, -0.2) is 53.5 Å². The van der Waals surface area contributed by atoms with Gasteiger partial charge < -0.3 is 14.7 Å². The number of likely N-dealkylation sites (tertiary alicyclic amines) is 1. The average Bonchev–Trinajstić information content (AvgIpc) is 2.86.